The number of aryl methyl sites for hydroxylation is 2. The van der Waals surface area contributed by atoms with E-state index in [-0.39, 0.29) is 0 Å². The topological polar surface area (TPSA) is 57.4 Å². The van der Waals surface area contributed by atoms with E-state index < -0.39 is 0 Å². The van der Waals surface area contributed by atoms with Crippen molar-refractivity contribution in [1.82, 2.24) is 10.2 Å². The standard InChI is InChI=1S/C19H20N2O3/c1-22-16-9-5-3-7-14(16)11-12-18-20-21-19(24-18)13-15-8-4-6-10-17(15)23-2/h3-10H,11-13H2,1-2H3. The van der Waals surface area contributed by atoms with E-state index in [1.807, 2.05) is 48.5 Å². The lowest BCUT2D eigenvalue weighted by molar-refractivity contribution is 0.404. The van der Waals surface area contributed by atoms with E-state index in [4.69, 9.17) is 13.9 Å². The number of hydrogen-bond donors (Lipinski definition) is 0. The average molecular weight is 324 g/mol. The van der Waals surface area contributed by atoms with Gasteiger partial charge in [-0.15, -0.1) is 10.2 Å². The molecule has 0 aliphatic heterocycles. The molecule has 0 radical (unpaired) electrons. The van der Waals surface area contributed by atoms with Crippen LogP contribution < -0.4 is 9.47 Å². The summed E-state index contributed by atoms with van der Waals surface area (Å²) in [4.78, 5) is 0. The Kier molecular flexibility index (Phi) is 5.11. The minimum Gasteiger partial charge on any atom is -0.496 e. The Bertz CT molecular complexity index is 799. The van der Waals surface area contributed by atoms with E-state index in [0.29, 0.717) is 24.6 Å². The van der Waals surface area contributed by atoms with Crippen molar-refractivity contribution < 1.29 is 13.9 Å². The Labute approximate surface area is 141 Å². The van der Waals surface area contributed by atoms with Gasteiger partial charge in [0.2, 0.25) is 11.8 Å². The molecule has 1 heterocycles. The molecule has 1 aromatic heterocycles. The third kappa shape index (κ3) is 3.74. The Morgan fingerprint density at radius 3 is 2.04 bits per heavy atom. The molecule has 0 N–H and O–H groups in total. The van der Waals surface area contributed by atoms with Gasteiger partial charge in [-0.25, -0.2) is 0 Å². The molecule has 24 heavy (non-hydrogen) atoms. The SMILES string of the molecule is COc1ccccc1CCc1nnc(Cc2ccccc2OC)o1. The fourth-order valence-electron chi connectivity index (χ4n) is 2.62. The molecule has 0 aliphatic carbocycles. The first-order valence-electron chi connectivity index (χ1n) is 7.85. The van der Waals surface area contributed by atoms with Crippen molar-refractivity contribution in [3.8, 4) is 11.5 Å². The first-order chi connectivity index (χ1) is 11.8. The van der Waals surface area contributed by atoms with E-state index in [0.717, 1.165) is 29.0 Å². The molecule has 5 heteroatoms. The molecule has 0 spiro atoms. The highest BCUT2D eigenvalue weighted by atomic mass is 16.5. The molecule has 3 aromatic rings. The molecular weight excluding hydrogens is 304 g/mol. The van der Waals surface area contributed by atoms with Gasteiger partial charge in [0, 0.05) is 12.0 Å². The molecule has 0 aliphatic rings. The molecule has 0 atom stereocenters. The van der Waals surface area contributed by atoms with Crippen LogP contribution >= 0.6 is 0 Å². The van der Waals surface area contributed by atoms with Gasteiger partial charge < -0.3 is 13.9 Å². The zero-order valence-corrected chi connectivity index (χ0v) is 13.9. The lowest BCUT2D eigenvalue weighted by Crippen LogP contribution is -1.95. The van der Waals surface area contributed by atoms with Crippen LogP contribution in [0.5, 0.6) is 11.5 Å². The van der Waals surface area contributed by atoms with Crippen LogP contribution in [0.1, 0.15) is 22.9 Å². The molecule has 0 amide bonds. The monoisotopic (exact) mass is 324 g/mol. The van der Waals surface area contributed by atoms with Gasteiger partial charge in [0.1, 0.15) is 11.5 Å². The number of rotatable bonds is 7. The minimum absolute atomic E-state index is 0.561. The van der Waals surface area contributed by atoms with Crippen LogP contribution in [0.25, 0.3) is 0 Å². The van der Waals surface area contributed by atoms with Gasteiger partial charge in [-0.2, -0.15) is 0 Å². The zero-order chi connectivity index (χ0) is 16.8. The molecule has 3 rings (SSSR count). The summed E-state index contributed by atoms with van der Waals surface area (Å²) >= 11 is 0. The van der Waals surface area contributed by atoms with E-state index in [2.05, 4.69) is 10.2 Å². The highest BCUT2D eigenvalue weighted by molar-refractivity contribution is 5.35. The number of ether oxygens (including phenoxy) is 2. The number of hydrogen-bond acceptors (Lipinski definition) is 5. The van der Waals surface area contributed by atoms with E-state index in [1.165, 1.54) is 0 Å². The number of methoxy groups -OCH3 is 2. The van der Waals surface area contributed by atoms with Gasteiger partial charge in [0.05, 0.1) is 20.6 Å². The van der Waals surface area contributed by atoms with Gasteiger partial charge in [-0.05, 0) is 24.1 Å². The Hall–Kier alpha value is -2.82. The second-order valence-corrected chi connectivity index (χ2v) is 5.39. The molecule has 2 aromatic carbocycles. The van der Waals surface area contributed by atoms with Crippen LogP contribution in [-0.4, -0.2) is 24.4 Å². The van der Waals surface area contributed by atoms with E-state index in [9.17, 15) is 0 Å². The molecule has 124 valence electrons. The number of nitrogens with zero attached hydrogens (tertiary/aromatic N) is 2. The van der Waals surface area contributed by atoms with Crippen molar-refractivity contribution in [1.29, 1.82) is 0 Å². The van der Waals surface area contributed by atoms with Gasteiger partial charge >= 0.3 is 0 Å². The van der Waals surface area contributed by atoms with Crippen LogP contribution in [0.3, 0.4) is 0 Å². The van der Waals surface area contributed by atoms with Gasteiger partial charge in [0.15, 0.2) is 0 Å². The molecule has 5 nitrogen and oxygen atoms in total. The third-order valence-corrected chi connectivity index (χ3v) is 3.84. The van der Waals surface area contributed by atoms with Gasteiger partial charge in [-0.3, -0.25) is 0 Å². The summed E-state index contributed by atoms with van der Waals surface area (Å²) in [6.07, 6.45) is 2.03. The summed E-state index contributed by atoms with van der Waals surface area (Å²) in [6.45, 7) is 0. The summed E-state index contributed by atoms with van der Waals surface area (Å²) in [7, 11) is 3.34. The van der Waals surface area contributed by atoms with Crippen molar-refractivity contribution in [2.24, 2.45) is 0 Å². The van der Waals surface area contributed by atoms with Gasteiger partial charge in [0.25, 0.3) is 0 Å². The number of aromatic nitrogens is 2. The maximum atomic E-state index is 5.76. The molecule has 0 saturated heterocycles. The average Bonchev–Trinajstić information content (AvgIpc) is 3.08. The van der Waals surface area contributed by atoms with Crippen LogP contribution in [-0.2, 0) is 19.3 Å². The predicted molar refractivity (Wildman–Crippen MR) is 90.5 cm³/mol. The molecule has 0 saturated carbocycles. The number of benzene rings is 2. The Morgan fingerprint density at radius 2 is 1.33 bits per heavy atom. The Morgan fingerprint density at radius 1 is 0.750 bits per heavy atom. The van der Waals surface area contributed by atoms with Crippen molar-refractivity contribution in [3.05, 3.63) is 71.4 Å². The summed E-state index contributed by atoms with van der Waals surface area (Å²) in [5, 5.41) is 8.28. The highest BCUT2D eigenvalue weighted by Gasteiger charge is 2.11. The minimum atomic E-state index is 0.561. The molecule has 0 unspecified atom stereocenters. The highest BCUT2D eigenvalue weighted by Crippen LogP contribution is 2.22. The molecular formula is C19H20N2O3. The first-order valence-corrected chi connectivity index (χ1v) is 7.85. The zero-order valence-electron chi connectivity index (χ0n) is 13.9. The normalized spacial score (nSPS) is 10.6. The van der Waals surface area contributed by atoms with E-state index in [1.54, 1.807) is 14.2 Å². The lowest BCUT2D eigenvalue weighted by atomic mass is 10.1. The third-order valence-electron chi connectivity index (χ3n) is 3.84. The van der Waals surface area contributed by atoms with Crippen molar-refractivity contribution in [2.75, 3.05) is 14.2 Å². The summed E-state index contributed by atoms with van der Waals surface area (Å²) in [5.74, 6) is 2.93. The first kappa shape index (κ1) is 16.1. The van der Waals surface area contributed by atoms with Crippen LogP contribution in [0.4, 0.5) is 0 Å². The molecule has 0 fully saturated rings. The van der Waals surface area contributed by atoms with Crippen molar-refractivity contribution >= 4 is 0 Å². The Balaban J connectivity index is 1.65. The largest absolute Gasteiger partial charge is 0.496 e. The van der Waals surface area contributed by atoms with Crippen LogP contribution in [0.2, 0.25) is 0 Å². The summed E-state index contributed by atoms with van der Waals surface area (Å²) in [6, 6.07) is 15.8. The maximum Gasteiger partial charge on any atom is 0.221 e. The van der Waals surface area contributed by atoms with Crippen LogP contribution in [0, 0.1) is 0 Å². The quantitative estimate of drug-likeness (QED) is 0.666. The van der Waals surface area contributed by atoms with E-state index >= 15 is 0 Å². The fraction of sp³-hybridized carbons (Fsp3) is 0.263. The second-order valence-electron chi connectivity index (χ2n) is 5.39. The predicted octanol–water partition coefficient (Wildman–Crippen LogP) is 3.46. The second kappa shape index (κ2) is 7.64. The van der Waals surface area contributed by atoms with Crippen LogP contribution in [0.15, 0.2) is 52.9 Å². The molecule has 0 bridgehead atoms. The smallest absolute Gasteiger partial charge is 0.221 e. The van der Waals surface area contributed by atoms with Gasteiger partial charge in [-0.1, -0.05) is 36.4 Å². The van der Waals surface area contributed by atoms with Crippen molar-refractivity contribution in [2.45, 2.75) is 19.3 Å². The van der Waals surface area contributed by atoms with Crippen molar-refractivity contribution in [3.63, 3.8) is 0 Å². The number of para-hydroxylation sites is 2. The maximum absolute atomic E-state index is 5.76. The summed E-state index contributed by atoms with van der Waals surface area (Å²) in [5.41, 5.74) is 2.16. The lowest BCUT2D eigenvalue weighted by Gasteiger charge is -2.06. The fourth-order valence-corrected chi connectivity index (χ4v) is 2.62. The summed E-state index contributed by atoms with van der Waals surface area (Å²) < 4.78 is 16.5.